The van der Waals surface area contributed by atoms with Crippen LogP contribution >= 0.6 is 12.4 Å². The summed E-state index contributed by atoms with van der Waals surface area (Å²) in [5, 5.41) is 12.5. The lowest BCUT2D eigenvalue weighted by molar-refractivity contribution is -0.182. The number of aromatic nitrogens is 3. The number of nitrogens with two attached hydrogens (primary N) is 1. The summed E-state index contributed by atoms with van der Waals surface area (Å²) >= 11 is 0. The number of hydrogen-bond donors (Lipinski definition) is 2. The van der Waals surface area contributed by atoms with Gasteiger partial charge < -0.3 is 10.6 Å². The lowest BCUT2D eigenvalue weighted by Gasteiger charge is -2.33. The first-order valence-corrected chi connectivity index (χ1v) is 10.2. The molecule has 1 saturated heterocycles. The van der Waals surface area contributed by atoms with E-state index in [9.17, 15) is 13.2 Å². The second-order valence-corrected chi connectivity index (χ2v) is 8.42. The maximum Gasteiger partial charge on any atom is 0.391 e. The molecule has 6 nitrogen and oxygen atoms in total. The first kappa shape index (κ1) is 22.7. The van der Waals surface area contributed by atoms with E-state index in [1.807, 2.05) is 28.5 Å². The highest BCUT2D eigenvalue weighted by atomic mass is 35.5. The Kier molecular flexibility index (Phi) is 6.50. The van der Waals surface area contributed by atoms with E-state index in [0.29, 0.717) is 19.4 Å². The Labute approximate surface area is 179 Å². The van der Waals surface area contributed by atoms with Crippen molar-refractivity contribution in [3.05, 3.63) is 29.2 Å². The highest BCUT2D eigenvalue weighted by Crippen LogP contribution is 2.42. The van der Waals surface area contributed by atoms with Crippen LogP contribution in [0.1, 0.15) is 67.4 Å². The lowest BCUT2D eigenvalue weighted by Crippen LogP contribution is -2.43. The van der Waals surface area contributed by atoms with E-state index in [1.54, 1.807) is 0 Å². The van der Waals surface area contributed by atoms with Crippen LogP contribution in [0, 0.1) is 18.3 Å². The van der Waals surface area contributed by atoms with Gasteiger partial charge in [-0.15, -0.1) is 12.4 Å². The van der Waals surface area contributed by atoms with Gasteiger partial charge in [0, 0.05) is 36.7 Å². The zero-order valence-electron chi connectivity index (χ0n) is 17.0. The SMILES string of the molecule is Cc1cc([C@@H]2CCCN(C(=N)N)C2)n2nc(C3CCC(C(F)(F)F)CC3)cc2n1.Cl. The number of guanidine groups is 1. The minimum absolute atomic E-state index is 0. The second kappa shape index (κ2) is 8.61. The van der Waals surface area contributed by atoms with Crippen LogP contribution < -0.4 is 5.73 Å². The van der Waals surface area contributed by atoms with Gasteiger partial charge in [0.05, 0.1) is 17.3 Å². The number of alkyl halides is 3. The summed E-state index contributed by atoms with van der Waals surface area (Å²) in [6.45, 7) is 3.39. The monoisotopic (exact) mass is 444 g/mol. The number of hydrogen-bond acceptors (Lipinski definition) is 3. The number of fused-ring (bicyclic) bond motifs is 1. The fourth-order valence-electron chi connectivity index (χ4n) is 4.79. The van der Waals surface area contributed by atoms with Crippen LogP contribution in [0.15, 0.2) is 12.1 Å². The molecular formula is C20H28ClF3N6. The van der Waals surface area contributed by atoms with Crippen molar-refractivity contribution in [2.75, 3.05) is 13.1 Å². The molecule has 30 heavy (non-hydrogen) atoms. The van der Waals surface area contributed by atoms with Gasteiger partial charge in [-0.1, -0.05) is 0 Å². The molecule has 1 atom stereocenters. The zero-order chi connectivity index (χ0) is 20.8. The van der Waals surface area contributed by atoms with Crippen molar-refractivity contribution < 1.29 is 13.2 Å². The van der Waals surface area contributed by atoms with Crippen molar-refractivity contribution in [2.45, 2.75) is 63.5 Å². The summed E-state index contributed by atoms with van der Waals surface area (Å²) < 4.78 is 40.8. The third-order valence-electron chi connectivity index (χ3n) is 6.39. The number of halogens is 4. The number of nitrogens with one attached hydrogen (secondary N) is 1. The Morgan fingerprint density at radius 2 is 1.83 bits per heavy atom. The number of rotatable bonds is 2. The van der Waals surface area contributed by atoms with Gasteiger partial charge in [-0.25, -0.2) is 9.50 Å². The molecule has 1 aliphatic carbocycles. The molecule has 0 amide bonds. The van der Waals surface area contributed by atoms with E-state index in [4.69, 9.17) is 16.2 Å². The Hall–Kier alpha value is -2.03. The fraction of sp³-hybridized carbons (Fsp3) is 0.650. The molecule has 4 rings (SSSR count). The molecule has 0 unspecified atom stereocenters. The molecule has 0 aromatic carbocycles. The van der Waals surface area contributed by atoms with Crippen molar-refractivity contribution in [2.24, 2.45) is 11.7 Å². The molecule has 1 saturated carbocycles. The van der Waals surface area contributed by atoms with E-state index in [1.165, 1.54) is 0 Å². The molecule has 1 aliphatic heterocycles. The third kappa shape index (κ3) is 4.50. The van der Waals surface area contributed by atoms with Gasteiger partial charge in [-0.2, -0.15) is 18.3 Å². The molecule has 0 radical (unpaired) electrons. The molecule has 10 heteroatoms. The fourth-order valence-corrected chi connectivity index (χ4v) is 4.79. The maximum absolute atomic E-state index is 13.0. The van der Waals surface area contributed by atoms with Gasteiger partial charge in [0.15, 0.2) is 11.6 Å². The lowest BCUT2D eigenvalue weighted by atomic mass is 9.80. The van der Waals surface area contributed by atoms with Gasteiger partial charge in [-0.05, 0) is 51.5 Å². The summed E-state index contributed by atoms with van der Waals surface area (Å²) in [6, 6.07) is 3.96. The second-order valence-electron chi connectivity index (χ2n) is 8.42. The largest absolute Gasteiger partial charge is 0.391 e. The minimum atomic E-state index is -4.10. The summed E-state index contributed by atoms with van der Waals surface area (Å²) in [5.41, 5.74) is 9.19. The van der Waals surface area contributed by atoms with Crippen molar-refractivity contribution in [1.29, 1.82) is 5.41 Å². The van der Waals surface area contributed by atoms with E-state index in [0.717, 1.165) is 42.1 Å². The Morgan fingerprint density at radius 3 is 2.47 bits per heavy atom. The first-order chi connectivity index (χ1) is 13.7. The van der Waals surface area contributed by atoms with Crippen LogP contribution in [0.2, 0.25) is 0 Å². The molecule has 166 valence electrons. The predicted molar refractivity (Wildman–Crippen MR) is 111 cm³/mol. The number of aryl methyl sites for hydroxylation is 1. The number of likely N-dealkylation sites (tertiary alicyclic amines) is 1. The summed E-state index contributed by atoms with van der Waals surface area (Å²) in [4.78, 5) is 6.47. The molecule has 3 heterocycles. The van der Waals surface area contributed by atoms with Gasteiger partial charge in [0.1, 0.15) is 0 Å². The number of nitrogens with zero attached hydrogens (tertiary/aromatic N) is 4. The smallest absolute Gasteiger partial charge is 0.370 e. The van der Waals surface area contributed by atoms with Gasteiger partial charge in [-0.3, -0.25) is 5.41 Å². The van der Waals surface area contributed by atoms with E-state index < -0.39 is 12.1 Å². The molecule has 2 fully saturated rings. The van der Waals surface area contributed by atoms with Crippen LogP contribution in [0.4, 0.5) is 13.2 Å². The van der Waals surface area contributed by atoms with E-state index in [2.05, 4.69) is 4.98 Å². The average molecular weight is 445 g/mol. The quantitative estimate of drug-likeness (QED) is 0.532. The topological polar surface area (TPSA) is 83.3 Å². The van der Waals surface area contributed by atoms with Crippen LogP contribution in [-0.4, -0.2) is 44.7 Å². The Morgan fingerprint density at radius 1 is 1.13 bits per heavy atom. The predicted octanol–water partition coefficient (Wildman–Crippen LogP) is 4.37. The summed E-state index contributed by atoms with van der Waals surface area (Å²) in [5.74, 6) is -0.875. The van der Waals surface area contributed by atoms with Crippen molar-refractivity contribution in [3.63, 3.8) is 0 Å². The standard InChI is InChI=1S/C20H27F3N6.ClH/c1-12-9-17(14-3-2-8-28(11-14)19(24)25)29-18(26-12)10-16(27-29)13-4-6-15(7-5-13)20(21,22)23;/h9-10,13-15H,2-8,11H2,1H3,(H3,24,25);1H/t13?,14-,15?;/m1./s1. The van der Waals surface area contributed by atoms with Gasteiger partial charge >= 0.3 is 6.18 Å². The Balaban J connectivity index is 0.00000256. The van der Waals surface area contributed by atoms with Crippen molar-refractivity contribution >= 4 is 24.0 Å². The van der Waals surface area contributed by atoms with E-state index in [-0.39, 0.29) is 43.0 Å². The zero-order valence-corrected chi connectivity index (χ0v) is 17.8. The van der Waals surface area contributed by atoms with Crippen LogP contribution in [0.25, 0.3) is 5.65 Å². The molecule has 0 spiro atoms. The molecular weight excluding hydrogens is 417 g/mol. The van der Waals surface area contributed by atoms with Crippen LogP contribution in [0.5, 0.6) is 0 Å². The molecule has 2 aromatic heterocycles. The molecule has 2 aliphatic rings. The molecule has 0 bridgehead atoms. The van der Waals surface area contributed by atoms with Crippen molar-refractivity contribution in [1.82, 2.24) is 19.5 Å². The van der Waals surface area contributed by atoms with Crippen LogP contribution in [-0.2, 0) is 0 Å². The normalized spacial score (nSPS) is 25.2. The van der Waals surface area contributed by atoms with Gasteiger partial charge in [0.2, 0.25) is 0 Å². The minimum Gasteiger partial charge on any atom is -0.370 e. The highest BCUT2D eigenvalue weighted by Gasteiger charge is 2.42. The van der Waals surface area contributed by atoms with Crippen molar-refractivity contribution in [3.8, 4) is 0 Å². The first-order valence-electron chi connectivity index (χ1n) is 10.2. The average Bonchev–Trinajstić information content (AvgIpc) is 3.10. The van der Waals surface area contributed by atoms with Gasteiger partial charge in [0.25, 0.3) is 0 Å². The van der Waals surface area contributed by atoms with Crippen LogP contribution in [0.3, 0.4) is 0 Å². The Bertz CT molecular complexity index is 904. The molecule has 3 N–H and O–H groups in total. The summed E-state index contributed by atoms with van der Waals surface area (Å²) in [7, 11) is 0. The van der Waals surface area contributed by atoms with E-state index >= 15 is 0 Å². The third-order valence-corrected chi connectivity index (χ3v) is 6.39. The molecule has 2 aromatic rings. The summed E-state index contributed by atoms with van der Waals surface area (Å²) in [6.07, 6.45) is -0.834. The maximum atomic E-state index is 13.0. The number of piperidine rings is 1. The highest BCUT2D eigenvalue weighted by molar-refractivity contribution is 5.85.